The van der Waals surface area contributed by atoms with E-state index in [0.29, 0.717) is 28.1 Å². The van der Waals surface area contributed by atoms with Gasteiger partial charge < -0.3 is 9.32 Å². The lowest BCUT2D eigenvalue weighted by molar-refractivity contribution is 0.672. The van der Waals surface area contributed by atoms with Crippen molar-refractivity contribution in [2.24, 2.45) is 0 Å². The zero-order chi connectivity index (χ0) is 36.5. The lowest BCUT2D eigenvalue weighted by Crippen LogP contribution is -2.10. The maximum absolute atomic E-state index is 9.89. The SMILES string of the molecule is [2H]c1c([2H])c(-c2cccc3ccccc23)c([2H])c(N(c2ccc(-c3cccc4ccccc34)cc2)c2cccc3oc4c5ccccc5ccc4c23)c1[2H]. The van der Waals surface area contributed by atoms with Crippen LogP contribution in [0.2, 0.25) is 0 Å². The molecule has 0 saturated heterocycles. The fourth-order valence-electron chi connectivity index (χ4n) is 7.40. The summed E-state index contributed by atoms with van der Waals surface area (Å²) in [6.45, 7) is 0. The minimum Gasteiger partial charge on any atom is -0.455 e. The van der Waals surface area contributed by atoms with E-state index in [-0.39, 0.29) is 29.9 Å². The normalized spacial score (nSPS) is 12.7. The molecule has 0 N–H and O–H groups in total. The molecule has 0 radical (unpaired) electrons. The van der Waals surface area contributed by atoms with Crippen molar-refractivity contribution in [3.63, 3.8) is 0 Å². The molecule has 50 heavy (non-hydrogen) atoms. The molecule has 1 aromatic heterocycles. The largest absolute Gasteiger partial charge is 0.455 e. The van der Waals surface area contributed by atoms with Crippen LogP contribution in [0.15, 0.2) is 192 Å². The quantitative estimate of drug-likeness (QED) is 0.186. The van der Waals surface area contributed by atoms with Gasteiger partial charge in [0.05, 0.1) is 16.6 Å². The summed E-state index contributed by atoms with van der Waals surface area (Å²) in [7, 11) is 0. The topological polar surface area (TPSA) is 16.4 Å². The van der Waals surface area contributed by atoms with Crippen LogP contribution in [0.3, 0.4) is 0 Å². The number of nitrogens with zero attached hydrogens (tertiary/aromatic N) is 1. The Bertz CT molecular complexity index is 3100. The molecule has 0 fully saturated rings. The number of rotatable bonds is 5. The minimum absolute atomic E-state index is 0.00531. The van der Waals surface area contributed by atoms with Gasteiger partial charge in [0.15, 0.2) is 0 Å². The van der Waals surface area contributed by atoms with Crippen molar-refractivity contribution in [3.05, 3.63) is 188 Å². The third-order valence-electron chi connectivity index (χ3n) is 9.73. The van der Waals surface area contributed by atoms with E-state index in [4.69, 9.17) is 5.79 Å². The van der Waals surface area contributed by atoms with Crippen LogP contribution in [0.25, 0.3) is 76.5 Å². The molecule has 0 bridgehead atoms. The number of hydrogen-bond donors (Lipinski definition) is 0. The van der Waals surface area contributed by atoms with Crippen molar-refractivity contribution in [1.82, 2.24) is 0 Å². The van der Waals surface area contributed by atoms with E-state index in [1.54, 1.807) is 0 Å². The van der Waals surface area contributed by atoms with Gasteiger partial charge in [0.1, 0.15) is 11.2 Å². The average molecular weight is 642 g/mol. The zero-order valence-corrected chi connectivity index (χ0v) is 26.9. The molecule has 234 valence electrons. The van der Waals surface area contributed by atoms with Crippen molar-refractivity contribution < 1.29 is 9.90 Å². The zero-order valence-electron chi connectivity index (χ0n) is 30.9. The average Bonchev–Trinajstić information content (AvgIpc) is 3.62. The molecule has 0 saturated carbocycles. The van der Waals surface area contributed by atoms with Crippen molar-refractivity contribution in [3.8, 4) is 22.3 Å². The first-order valence-corrected chi connectivity index (χ1v) is 16.8. The van der Waals surface area contributed by atoms with E-state index < -0.39 is 0 Å². The van der Waals surface area contributed by atoms with Gasteiger partial charge in [-0.3, -0.25) is 0 Å². The summed E-state index contributed by atoms with van der Waals surface area (Å²) in [5.41, 5.74) is 6.22. The van der Waals surface area contributed by atoms with Gasteiger partial charge >= 0.3 is 0 Å². The number of fused-ring (bicyclic) bond motifs is 7. The number of hydrogen-bond acceptors (Lipinski definition) is 2. The van der Waals surface area contributed by atoms with Crippen molar-refractivity contribution >= 4 is 71.3 Å². The molecule has 0 aliphatic rings. The van der Waals surface area contributed by atoms with Gasteiger partial charge in [-0.15, -0.1) is 0 Å². The van der Waals surface area contributed by atoms with Crippen LogP contribution in [-0.2, 0) is 0 Å². The molecule has 9 aromatic carbocycles. The summed E-state index contributed by atoms with van der Waals surface area (Å²) in [5.74, 6) is 0. The molecule has 1 heterocycles. The number of furan rings is 1. The first-order chi connectivity index (χ1) is 26.5. The smallest absolute Gasteiger partial charge is 0.143 e. The molecule has 0 atom stereocenters. The Morgan fingerprint density at radius 3 is 1.76 bits per heavy atom. The molecule has 10 rings (SSSR count). The Hall–Kier alpha value is -6.64. The standard InChI is InChI=1S/C48H31NO/c1-4-18-39-32(11-1)14-8-21-41(39)35-25-28-37(29-26-35)49(38-17-7-16-36(31-38)42-22-9-15-33-12-2-5-19-40(33)42)45-23-10-24-46-47(45)44-30-27-34-13-3-6-20-43(34)48(44)50-46/h1-31H/i7D,16D,17D,31D. The second-order valence-corrected chi connectivity index (χ2v) is 12.6. The maximum Gasteiger partial charge on any atom is 0.143 e. The molecule has 0 aliphatic heterocycles. The molecule has 2 nitrogen and oxygen atoms in total. The van der Waals surface area contributed by atoms with E-state index in [1.165, 1.54) is 0 Å². The van der Waals surface area contributed by atoms with E-state index in [1.807, 2.05) is 95.9 Å². The van der Waals surface area contributed by atoms with Gasteiger partial charge in [0.2, 0.25) is 0 Å². The summed E-state index contributed by atoms with van der Waals surface area (Å²) in [6.07, 6.45) is 0. The lowest BCUT2D eigenvalue weighted by Gasteiger charge is -2.27. The summed E-state index contributed by atoms with van der Waals surface area (Å²) in [4.78, 5) is 1.91. The van der Waals surface area contributed by atoms with Crippen LogP contribution in [0.4, 0.5) is 17.1 Å². The van der Waals surface area contributed by atoms with E-state index in [9.17, 15) is 4.11 Å². The highest BCUT2D eigenvalue weighted by atomic mass is 16.3. The van der Waals surface area contributed by atoms with Gasteiger partial charge in [0, 0.05) is 22.1 Å². The molecule has 0 spiro atoms. The van der Waals surface area contributed by atoms with Gasteiger partial charge in [-0.25, -0.2) is 0 Å². The Morgan fingerprint density at radius 1 is 0.440 bits per heavy atom. The van der Waals surface area contributed by atoms with Crippen LogP contribution < -0.4 is 4.90 Å². The maximum atomic E-state index is 9.89. The van der Waals surface area contributed by atoms with Crippen LogP contribution >= 0.6 is 0 Å². The lowest BCUT2D eigenvalue weighted by atomic mass is 9.97. The highest BCUT2D eigenvalue weighted by Crippen LogP contribution is 2.45. The Morgan fingerprint density at radius 2 is 1.04 bits per heavy atom. The van der Waals surface area contributed by atoms with E-state index in [2.05, 4.69) is 72.8 Å². The molecular weight excluding hydrogens is 607 g/mol. The predicted octanol–water partition coefficient (Wildman–Crippen LogP) is 13.8. The fourth-order valence-corrected chi connectivity index (χ4v) is 7.40. The monoisotopic (exact) mass is 641 g/mol. The van der Waals surface area contributed by atoms with Crippen molar-refractivity contribution in [2.75, 3.05) is 4.90 Å². The minimum atomic E-state index is -0.239. The third kappa shape index (κ3) is 4.57. The Labute approximate surface area is 295 Å². The Balaban J connectivity index is 1.27. The summed E-state index contributed by atoms with van der Waals surface area (Å²) < 4.78 is 44.3. The second kappa shape index (κ2) is 11.5. The van der Waals surface area contributed by atoms with Crippen LogP contribution in [0.5, 0.6) is 0 Å². The number of anilines is 3. The van der Waals surface area contributed by atoms with Crippen LogP contribution in [0.1, 0.15) is 5.48 Å². The Kier molecular flexibility index (Phi) is 5.64. The summed E-state index contributed by atoms with van der Waals surface area (Å²) in [6, 6.07) is 54.1. The molecule has 2 heteroatoms. The summed E-state index contributed by atoms with van der Waals surface area (Å²) in [5, 5.41) is 7.97. The molecule has 0 amide bonds. The fraction of sp³-hybridized carbons (Fsp3) is 0. The van der Waals surface area contributed by atoms with Crippen LogP contribution in [0, 0.1) is 0 Å². The molecule has 0 aliphatic carbocycles. The van der Waals surface area contributed by atoms with Gasteiger partial charge in [-0.1, -0.05) is 146 Å². The third-order valence-corrected chi connectivity index (χ3v) is 9.73. The molecule has 10 aromatic rings. The highest BCUT2D eigenvalue weighted by molar-refractivity contribution is 6.19. The van der Waals surface area contributed by atoms with Crippen molar-refractivity contribution in [1.29, 1.82) is 0 Å². The van der Waals surface area contributed by atoms with Gasteiger partial charge in [0.25, 0.3) is 0 Å². The predicted molar refractivity (Wildman–Crippen MR) is 212 cm³/mol. The van der Waals surface area contributed by atoms with E-state index >= 15 is 0 Å². The van der Waals surface area contributed by atoms with E-state index in [0.717, 1.165) is 59.8 Å². The summed E-state index contributed by atoms with van der Waals surface area (Å²) >= 11 is 0. The molecule has 0 unspecified atom stereocenters. The first-order valence-electron chi connectivity index (χ1n) is 18.8. The second-order valence-electron chi connectivity index (χ2n) is 12.6. The number of benzene rings is 9. The first kappa shape index (κ1) is 24.5. The van der Waals surface area contributed by atoms with Gasteiger partial charge in [-0.2, -0.15) is 0 Å². The van der Waals surface area contributed by atoms with Crippen molar-refractivity contribution in [2.45, 2.75) is 0 Å². The molecular formula is C48H31NO. The van der Waals surface area contributed by atoms with Crippen LogP contribution in [-0.4, -0.2) is 0 Å². The van der Waals surface area contributed by atoms with Gasteiger partial charge in [-0.05, 0) is 91.6 Å². The highest BCUT2D eigenvalue weighted by Gasteiger charge is 2.21.